The lowest BCUT2D eigenvalue weighted by atomic mass is 10.2. The van der Waals surface area contributed by atoms with Gasteiger partial charge in [-0.05, 0) is 25.5 Å². The highest BCUT2D eigenvalue weighted by Gasteiger charge is 2.22. The Morgan fingerprint density at radius 2 is 2.28 bits per heavy atom. The Morgan fingerprint density at radius 1 is 1.44 bits per heavy atom. The van der Waals surface area contributed by atoms with E-state index in [9.17, 15) is 9.59 Å². The van der Waals surface area contributed by atoms with Gasteiger partial charge >= 0.3 is 0 Å². The Bertz CT molecular complexity index is 486. The van der Waals surface area contributed by atoms with E-state index in [1.165, 1.54) is 11.0 Å². The van der Waals surface area contributed by atoms with E-state index in [2.05, 4.69) is 9.98 Å². The van der Waals surface area contributed by atoms with Crippen LogP contribution in [0.3, 0.4) is 0 Å². The van der Waals surface area contributed by atoms with E-state index in [0.717, 1.165) is 6.42 Å². The van der Waals surface area contributed by atoms with Crippen molar-refractivity contribution in [2.75, 3.05) is 13.1 Å². The molecule has 2 rings (SSSR count). The van der Waals surface area contributed by atoms with Crippen LogP contribution in [0.2, 0.25) is 0 Å². The molecule has 2 aliphatic heterocycles. The van der Waals surface area contributed by atoms with Crippen LogP contribution in [0.5, 0.6) is 0 Å². The van der Waals surface area contributed by atoms with E-state index >= 15 is 0 Å². The Labute approximate surface area is 106 Å². The van der Waals surface area contributed by atoms with Crippen LogP contribution in [-0.4, -0.2) is 41.9 Å². The molecular formula is C13H15N3O2. The summed E-state index contributed by atoms with van der Waals surface area (Å²) in [4.78, 5) is 33.2. The molecule has 94 valence electrons. The maximum atomic E-state index is 12.1. The standard InChI is InChI=1S/C13H15N3O2/c1-10(9-11-14-6-4-7-15-11)13(18)16-8-3-2-5-12(16)17/h2,5-6,9H,3-4,7-8H2,1H3/b10-9+. The third kappa shape index (κ3) is 2.80. The van der Waals surface area contributed by atoms with Crippen LogP contribution >= 0.6 is 0 Å². The number of aliphatic imine (C=N–C) groups is 2. The molecule has 0 radical (unpaired) electrons. The van der Waals surface area contributed by atoms with Gasteiger partial charge in [-0.15, -0.1) is 0 Å². The predicted molar refractivity (Wildman–Crippen MR) is 69.6 cm³/mol. The molecule has 5 heteroatoms. The number of hydrogen-bond acceptors (Lipinski definition) is 4. The first-order valence-corrected chi connectivity index (χ1v) is 5.96. The first-order chi connectivity index (χ1) is 8.68. The minimum Gasteiger partial charge on any atom is -0.275 e. The number of amides is 2. The molecule has 2 amide bonds. The van der Waals surface area contributed by atoms with Crippen LogP contribution in [0, 0.1) is 0 Å². The van der Waals surface area contributed by atoms with Crippen LogP contribution in [0.25, 0.3) is 0 Å². The minimum atomic E-state index is -0.271. The number of amidine groups is 1. The van der Waals surface area contributed by atoms with Crippen LogP contribution in [0.4, 0.5) is 0 Å². The molecule has 18 heavy (non-hydrogen) atoms. The molecule has 0 saturated heterocycles. The molecule has 0 atom stereocenters. The molecule has 0 aliphatic carbocycles. The number of carbonyl (C=O) groups excluding carboxylic acids is 2. The summed E-state index contributed by atoms with van der Waals surface area (Å²) in [6.07, 6.45) is 8.17. The fourth-order valence-corrected chi connectivity index (χ4v) is 1.78. The van der Waals surface area contributed by atoms with Gasteiger partial charge in [-0.3, -0.25) is 19.5 Å². The Morgan fingerprint density at radius 3 is 2.94 bits per heavy atom. The monoisotopic (exact) mass is 245 g/mol. The Kier molecular flexibility index (Phi) is 3.82. The lowest BCUT2D eigenvalue weighted by Crippen LogP contribution is -2.38. The van der Waals surface area contributed by atoms with Gasteiger partial charge in [-0.1, -0.05) is 6.08 Å². The number of carbonyl (C=O) groups is 2. The summed E-state index contributed by atoms with van der Waals surface area (Å²) in [5.74, 6) is 0.0213. The SMILES string of the molecule is C/C(=C\C1=NCCC=N1)C(=O)N1CCC=CC1=O. The van der Waals surface area contributed by atoms with Crippen molar-refractivity contribution in [3.8, 4) is 0 Å². The number of rotatable bonds is 2. The van der Waals surface area contributed by atoms with Crippen molar-refractivity contribution in [2.24, 2.45) is 9.98 Å². The van der Waals surface area contributed by atoms with Gasteiger partial charge in [0.2, 0.25) is 0 Å². The predicted octanol–water partition coefficient (Wildman–Crippen LogP) is 1.12. The van der Waals surface area contributed by atoms with Gasteiger partial charge in [-0.2, -0.15) is 0 Å². The second-order valence-electron chi connectivity index (χ2n) is 4.15. The van der Waals surface area contributed by atoms with E-state index in [4.69, 9.17) is 0 Å². The maximum Gasteiger partial charge on any atom is 0.256 e. The Balaban J connectivity index is 2.11. The summed E-state index contributed by atoms with van der Waals surface area (Å²) in [5, 5.41) is 0. The zero-order chi connectivity index (χ0) is 13.0. The van der Waals surface area contributed by atoms with Crippen molar-refractivity contribution in [1.82, 2.24) is 4.90 Å². The molecule has 0 N–H and O–H groups in total. The molecule has 0 unspecified atom stereocenters. The summed E-state index contributed by atoms with van der Waals surface area (Å²) >= 11 is 0. The minimum absolute atomic E-state index is 0.256. The van der Waals surface area contributed by atoms with E-state index in [1.54, 1.807) is 25.3 Å². The summed E-state index contributed by atoms with van der Waals surface area (Å²) in [7, 11) is 0. The molecular weight excluding hydrogens is 230 g/mol. The maximum absolute atomic E-state index is 12.1. The highest BCUT2D eigenvalue weighted by Crippen LogP contribution is 2.09. The molecule has 0 spiro atoms. The summed E-state index contributed by atoms with van der Waals surface area (Å²) in [6, 6.07) is 0. The fraction of sp³-hybridized carbons (Fsp3) is 0.385. The quantitative estimate of drug-likeness (QED) is 0.684. The smallest absolute Gasteiger partial charge is 0.256 e. The first kappa shape index (κ1) is 12.4. The molecule has 0 fully saturated rings. The van der Waals surface area contributed by atoms with Gasteiger partial charge in [-0.25, -0.2) is 4.99 Å². The first-order valence-electron chi connectivity index (χ1n) is 5.96. The van der Waals surface area contributed by atoms with Crippen molar-refractivity contribution in [1.29, 1.82) is 0 Å². The highest BCUT2D eigenvalue weighted by molar-refractivity contribution is 6.11. The molecule has 2 aliphatic rings. The summed E-state index contributed by atoms with van der Waals surface area (Å²) in [6.45, 7) is 2.82. The fourth-order valence-electron chi connectivity index (χ4n) is 1.78. The molecule has 0 bridgehead atoms. The second kappa shape index (κ2) is 5.53. The van der Waals surface area contributed by atoms with Crippen molar-refractivity contribution < 1.29 is 9.59 Å². The van der Waals surface area contributed by atoms with Gasteiger partial charge in [0.1, 0.15) is 5.84 Å². The van der Waals surface area contributed by atoms with Gasteiger partial charge in [0, 0.05) is 31.3 Å². The van der Waals surface area contributed by atoms with E-state index < -0.39 is 0 Å². The third-order valence-corrected chi connectivity index (χ3v) is 2.73. The normalized spacial score (nSPS) is 20.1. The molecule has 5 nitrogen and oxygen atoms in total. The van der Waals surface area contributed by atoms with Crippen LogP contribution in [0.15, 0.2) is 33.8 Å². The van der Waals surface area contributed by atoms with Crippen LogP contribution in [-0.2, 0) is 9.59 Å². The van der Waals surface area contributed by atoms with Gasteiger partial charge in [0.15, 0.2) is 0 Å². The van der Waals surface area contributed by atoms with Gasteiger partial charge in [0.25, 0.3) is 11.8 Å². The zero-order valence-corrected chi connectivity index (χ0v) is 10.3. The van der Waals surface area contributed by atoms with Crippen molar-refractivity contribution in [3.63, 3.8) is 0 Å². The third-order valence-electron chi connectivity index (χ3n) is 2.73. The number of hydrogen-bond donors (Lipinski definition) is 0. The van der Waals surface area contributed by atoms with E-state index in [-0.39, 0.29) is 11.8 Å². The second-order valence-corrected chi connectivity index (χ2v) is 4.15. The highest BCUT2D eigenvalue weighted by atomic mass is 16.2. The molecule has 0 aromatic carbocycles. The number of nitrogens with zero attached hydrogens (tertiary/aromatic N) is 3. The summed E-state index contributed by atoms with van der Waals surface area (Å²) < 4.78 is 0. The van der Waals surface area contributed by atoms with Crippen molar-refractivity contribution in [3.05, 3.63) is 23.8 Å². The topological polar surface area (TPSA) is 62.1 Å². The average Bonchev–Trinajstić information content (AvgIpc) is 2.39. The lowest BCUT2D eigenvalue weighted by Gasteiger charge is -2.21. The molecule has 2 heterocycles. The van der Waals surface area contributed by atoms with E-state index in [1.807, 2.05) is 0 Å². The van der Waals surface area contributed by atoms with Crippen LogP contribution < -0.4 is 0 Å². The van der Waals surface area contributed by atoms with Crippen molar-refractivity contribution in [2.45, 2.75) is 19.8 Å². The molecule has 0 aromatic heterocycles. The zero-order valence-electron chi connectivity index (χ0n) is 10.3. The largest absolute Gasteiger partial charge is 0.275 e. The average molecular weight is 245 g/mol. The molecule has 0 saturated carbocycles. The van der Waals surface area contributed by atoms with E-state index in [0.29, 0.717) is 30.9 Å². The number of imide groups is 1. The van der Waals surface area contributed by atoms with Gasteiger partial charge < -0.3 is 0 Å². The van der Waals surface area contributed by atoms with Crippen LogP contribution in [0.1, 0.15) is 19.8 Å². The molecule has 0 aromatic rings. The summed E-state index contributed by atoms with van der Waals surface area (Å²) in [5.41, 5.74) is 0.483. The Hall–Kier alpha value is -2.04. The van der Waals surface area contributed by atoms with Crippen molar-refractivity contribution >= 4 is 23.9 Å². The van der Waals surface area contributed by atoms with Gasteiger partial charge in [0.05, 0.1) is 0 Å². The lowest BCUT2D eigenvalue weighted by molar-refractivity contribution is -0.139.